The molecule has 0 aliphatic heterocycles. The number of aliphatic imine (C=N–C) groups is 1. The summed E-state index contributed by atoms with van der Waals surface area (Å²) in [6.45, 7) is 10.7. The van der Waals surface area contributed by atoms with Crippen LogP contribution in [0, 0.1) is 0 Å². The molecule has 0 bridgehead atoms. The van der Waals surface area contributed by atoms with Crippen LogP contribution >= 0.6 is 0 Å². The number of alkyl carbamates (subject to hydrolysis) is 1. The average molecular weight is 489 g/mol. The van der Waals surface area contributed by atoms with E-state index in [4.69, 9.17) is 18.9 Å². The lowest BCUT2D eigenvalue weighted by Crippen LogP contribution is -2.44. The van der Waals surface area contributed by atoms with Crippen LogP contribution < -0.4 is 5.32 Å². The van der Waals surface area contributed by atoms with E-state index in [1.807, 2.05) is 48.5 Å². The third kappa shape index (κ3) is 5.67. The minimum atomic E-state index is -1.14. The number of esters is 1. The molecule has 1 aromatic heterocycles. The van der Waals surface area contributed by atoms with Crippen LogP contribution in [0.3, 0.4) is 0 Å². The largest absolute Gasteiger partial charge is 0.467 e. The number of nitrogens with one attached hydrogen (secondary N) is 1. The number of ether oxygens (including phenoxy) is 2. The van der Waals surface area contributed by atoms with Crippen LogP contribution in [0.4, 0.5) is 4.79 Å². The number of rotatable bonds is 5. The molecular formula is C29H32N2O5. The van der Waals surface area contributed by atoms with Gasteiger partial charge in [0, 0.05) is 11.1 Å². The van der Waals surface area contributed by atoms with Crippen LogP contribution in [0.25, 0.3) is 11.1 Å². The van der Waals surface area contributed by atoms with Gasteiger partial charge in [0.05, 0.1) is 12.0 Å². The van der Waals surface area contributed by atoms with E-state index < -0.39 is 35.3 Å². The van der Waals surface area contributed by atoms with Crippen LogP contribution in [0.15, 0.2) is 76.3 Å². The van der Waals surface area contributed by atoms with E-state index in [1.54, 1.807) is 53.7 Å². The van der Waals surface area contributed by atoms with Gasteiger partial charge in [-0.05, 0) is 64.8 Å². The molecule has 2 atom stereocenters. The number of amides is 1. The van der Waals surface area contributed by atoms with Gasteiger partial charge in [0.15, 0.2) is 6.04 Å². The Labute approximate surface area is 211 Å². The fraction of sp³-hybridized carbons (Fsp3) is 0.345. The van der Waals surface area contributed by atoms with Crippen molar-refractivity contribution < 1.29 is 23.5 Å². The number of nitrogens with zero attached hydrogens (tertiary/aromatic N) is 1. The molecule has 1 amide bonds. The van der Waals surface area contributed by atoms with Crippen LogP contribution in [-0.4, -0.2) is 35.0 Å². The number of carbonyl (C=O) groups is 2. The van der Waals surface area contributed by atoms with Gasteiger partial charge in [0.25, 0.3) is 0 Å². The Morgan fingerprint density at radius 2 is 1.31 bits per heavy atom. The highest BCUT2D eigenvalue weighted by molar-refractivity contribution is 6.24. The molecular weight excluding hydrogens is 456 g/mol. The minimum absolute atomic E-state index is 0.362. The molecule has 4 rings (SSSR count). The van der Waals surface area contributed by atoms with E-state index in [9.17, 15) is 9.59 Å². The van der Waals surface area contributed by atoms with E-state index in [2.05, 4.69) is 5.32 Å². The van der Waals surface area contributed by atoms with E-state index in [-0.39, 0.29) is 0 Å². The Balaban J connectivity index is 1.84. The summed E-state index contributed by atoms with van der Waals surface area (Å²) in [5.41, 5.74) is 3.04. The summed E-state index contributed by atoms with van der Waals surface area (Å²) in [6, 6.07) is 17.1. The second kappa shape index (κ2) is 9.64. The lowest BCUT2D eigenvalue weighted by Gasteiger charge is -2.28. The third-order valence-corrected chi connectivity index (χ3v) is 5.41. The van der Waals surface area contributed by atoms with Gasteiger partial charge in [0.2, 0.25) is 0 Å². The molecule has 0 saturated heterocycles. The van der Waals surface area contributed by atoms with Crippen LogP contribution in [0.1, 0.15) is 64.5 Å². The van der Waals surface area contributed by atoms with Gasteiger partial charge in [0.1, 0.15) is 23.0 Å². The zero-order valence-corrected chi connectivity index (χ0v) is 21.5. The Morgan fingerprint density at radius 1 is 0.778 bits per heavy atom. The van der Waals surface area contributed by atoms with Crippen molar-refractivity contribution in [3.63, 3.8) is 0 Å². The molecule has 36 heavy (non-hydrogen) atoms. The predicted octanol–water partition coefficient (Wildman–Crippen LogP) is 6.07. The Kier molecular flexibility index (Phi) is 6.76. The van der Waals surface area contributed by atoms with Crippen LogP contribution in [-0.2, 0) is 14.3 Å². The first-order chi connectivity index (χ1) is 16.9. The molecule has 0 fully saturated rings. The van der Waals surface area contributed by atoms with Crippen LogP contribution in [0.5, 0.6) is 0 Å². The first kappa shape index (κ1) is 25.2. The summed E-state index contributed by atoms with van der Waals surface area (Å²) >= 11 is 0. The van der Waals surface area contributed by atoms with Crippen molar-refractivity contribution >= 4 is 17.8 Å². The highest BCUT2D eigenvalue weighted by Crippen LogP contribution is 2.38. The van der Waals surface area contributed by atoms with Crippen molar-refractivity contribution in [1.82, 2.24) is 5.32 Å². The van der Waals surface area contributed by atoms with Gasteiger partial charge in [-0.3, -0.25) is 4.99 Å². The molecule has 7 nitrogen and oxygen atoms in total. The van der Waals surface area contributed by atoms with Gasteiger partial charge < -0.3 is 19.2 Å². The molecule has 2 unspecified atom stereocenters. The monoisotopic (exact) mass is 488 g/mol. The molecule has 1 aliphatic carbocycles. The topological polar surface area (TPSA) is 90.1 Å². The van der Waals surface area contributed by atoms with Crippen molar-refractivity contribution in [1.29, 1.82) is 0 Å². The summed E-state index contributed by atoms with van der Waals surface area (Å²) < 4.78 is 16.9. The van der Waals surface area contributed by atoms with Crippen molar-refractivity contribution in [2.75, 3.05) is 0 Å². The zero-order valence-electron chi connectivity index (χ0n) is 21.5. The van der Waals surface area contributed by atoms with Gasteiger partial charge in [-0.25, -0.2) is 9.59 Å². The second-order valence-electron chi connectivity index (χ2n) is 10.7. The average Bonchev–Trinajstić information content (AvgIpc) is 3.41. The van der Waals surface area contributed by atoms with Crippen molar-refractivity contribution in [2.24, 2.45) is 4.99 Å². The molecule has 3 aromatic rings. The van der Waals surface area contributed by atoms with Gasteiger partial charge in [-0.2, -0.15) is 0 Å². The first-order valence-corrected chi connectivity index (χ1v) is 12.0. The van der Waals surface area contributed by atoms with Gasteiger partial charge in [-0.1, -0.05) is 48.5 Å². The highest BCUT2D eigenvalue weighted by atomic mass is 16.6. The second-order valence-corrected chi connectivity index (χ2v) is 10.7. The Bertz CT molecular complexity index is 1230. The molecule has 1 N–H and O–H groups in total. The van der Waals surface area contributed by atoms with Gasteiger partial charge in [-0.15, -0.1) is 0 Å². The molecule has 0 spiro atoms. The SMILES string of the molecule is CC(C)(C)OC(=O)NC(c1ccco1)C(N=C1c2ccccc2-c2ccccc21)C(=O)OC(C)(C)C. The summed E-state index contributed by atoms with van der Waals surface area (Å²) in [6.07, 6.45) is 0.795. The Hall–Kier alpha value is -3.87. The van der Waals surface area contributed by atoms with E-state index in [0.717, 1.165) is 22.3 Å². The number of hydrogen-bond donors (Lipinski definition) is 1. The first-order valence-electron chi connectivity index (χ1n) is 12.0. The Morgan fingerprint density at radius 3 is 1.78 bits per heavy atom. The molecule has 7 heteroatoms. The zero-order chi connectivity index (χ0) is 26.1. The summed E-state index contributed by atoms with van der Waals surface area (Å²) in [5.74, 6) is -0.227. The lowest BCUT2D eigenvalue weighted by molar-refractivity contribution is -0.157. The molecule has 188 valence electrons. The van der Waals surface area contributed by atoms with Crippen molar-refractivity contribution in [3.05, 3.63) is 83.8 Å². The van der Waals surface area contributed by atoms with Gasteiger partial charge >= 0.3 is 12.1 Å². The van der Waals surface area contributed by atoms with E-state index in [1.165, 1.54) is 6.26 Å². The highest BCUT2D eigenvalue weighted by Gasteiger charge is 2.38. The summed E-state index contributed by atoms with van der Waals surface area (Å²) in [5, 5.41) is 2.80. The number of fused-ring (bicyclic) bond motifs is 3. The fourth-order valence-corrected chi connectivity index (χ4v) is 4.11. The quantitative estimate of drug-likeness (QED) is 0.344. The number of benzene rings is 2. The maximum absolute atomic E-state index is 13.6. The number of carbonyl (C=O) groups excluding carboxylic acids is 2. The normalized spacial score (nSPS) is 14.3. The number of furan rings is 1. The van der Waals surface area contributed by atoms with Crippen LogP contribution in [0.2, 0.25) is 0 Å². The summed E-state index contributed by atoms with van der Waals surface area (Å²) in [7, 11) is 0. The lowest BCUT2D eigenvalue weighted by atomic mass is 10.0. The minimum Gasteiger partial charge on any atom is -0.467 e. The standard InChI is InChI=1S/C29H32N2O5/c1-28(2,3)35-26(32)25(24(22-16-11-17-34-22)31-27(33)36-29(4,5)6)30-23-20-14-9-7-12-18(20)19-13-8-10-15-21(19)23/h7-17,24-25H,1-6H3,(H,31,33). The molecule has 2 aromatic carbocycles. The molecule has 0 radical (unpaired) electrons. The third-order valence-electron chi connectivity index (χ3n) is 5.41. The molecule has 1 aliphatic rings. The maximum Gasteiger partial charge on any atom is 0.408 e. The smallest absolute Gasteiger partial charge is 0.408 e. The van der Waals surface area contributed by atoms with Crippen molar-refractivity contribution in [3.8, 4) is 11.1 Å². The van der Waals surface area contributed by atoms with E-state index >= 15 is 0 Å². The van der Waals surface area contributed by atoms with Crippen molar-refractivity contribution in [2.45, 2.75) is 64.8 Å². The maximum atomic E-state index is 13.6. The molecule has 1 heterocycles. The van der Waals surface area contributed by atoms with E-state index in [0.29, 0.717) is 11.5 Å². The predicted molar refractivity (Wildman–Crippen MR) is 138 cm³/mol. The number of hydrogen-bond acceptors (Lipinski definition) is 6. The fourth-order valence-electron chi connectivity index (χ4n) is 4.11. The molecule has 0 saturated carbocycles. The summed E-state index contributed by atoms with van der Waals surface area (Å²) in [4.78, 5) is 31.4.